The zero-order valence-electron chi connectivity index (χ0n) is 81.0. The van der Waals surface area contributed by atoms with Crippen LogP contribution in [0.4, 0.5) is 0 Å². The quantitative estimate of drug-likeness (QED) is 0.0286. The highest BCUT2D eigenvalue weighted by Gasteiger charge is 3.09. The van der Waals surface area contributed by atoms with E-state index in [1.807, 2.05) is 83.1 Å². The first-order chi connectivity index (χ1) is 63.3. The van der Waals surface area contributed by atoms with E-state index in [1.54, 1.807) is 59.1 Å². The number of carbonyl (C=O) groups excluding carboxylic acids is 7. The van der Waals surface area contributed by atoms with Crippen LogP contribution in [0.5, 0.6) is 0 Å². The fourth-order valence-electron chi connectivity index (χ4n) is 37.0. The average molecular weight is 1900 g/mol. The maximum absolute atomic E-state index is 14.6. The van der Waals surface area contributed by atoms with Crippen molar-refractivity contribution in [3.05, 3.63) is 107 Å². The second-order valence-electron chi connectivity index (χ2n) is 47.2. The van der Waals surface area contributed by atoms with E-state index in [2.05, 4.69) is 6.58 Å². The van der Waals surface area contributed by atoms with Crippen molar-refractivity contribution in [2.24, 2.45) is 96.1 Å². The lowest BCUT2D eigenvalue weighted by molar-refractivity contribution is -0.480. The summed E-state index contributed by atoms with van der Waals surface area (Å²) in [5.74, 6) is -13.9. The molecule has 39 atom stereocenters. The predicted molar refractivity (Wildman–Crippen MR) is 458 cm³/mol. The normalized spacial score (nSPS) is 54.2. The number of aliphatic hydroxyl groups is 8. The van der Waals surface area contributed by atoms with E-state index in [0.717, 1.165) is 5.57 Å². The minimum absolute atomic E-state index is 0.0253. The van der Waals surface area contributed by atoms with Crippen molar-refractivity contribution >= 4 is 41.8 Å². The van der Waals surface area contributed by atoms with Crippen LogP contribution >= 0.6 is 0 Å². The highest BCUT2D eigenvalue weighted by molar-refractivity contribution is 5.94. The molecule has 9 spiro atoms. The summed E-state index contributed by atoms with van der Waals surface area (Å²) >= 11 is 0. The molecule has 0 aromatic carbocycles. The molecule has 39 unspecified atom stereocenters. The summed E-state index contributed by atoms with van der Waals surface area (Å²) in [7, 11) is 3.98. The molecule has 9 saturated heterocycles. The second kappa shape index (κ2) is 27.0. The monoisotopic (exact) mass is 1900 g/mol. The summed E-state index contributed by atoms with van der Waals surface area (Å²) in [6.45, 7) is 38.4. The van der Waals surface area contributed by atoms with Crippen molar-refractivity contribution in [1.29, 1.82) is 0 Å². The first-order valence-electron chi connectivity index (χ1n) is 48.0. The number of allylic oxidation sites excluding steroid dienone is 3. The third kappa shape index (κ3) is 9.28. The number of esters is 7. The molecular formula is C101H128O35. The van der Waals surface area contributed by atoms with Gasteiger partial charge in [0.25, 0.3) is 17.9 Å². The molecule has 21 aliphatic rings. The Labute approximate surface area is 786 Å². The van der Waals surface area contributed by atoms with Gasteiger partial charge in [0.05, 0.1) is 94.7 Å². The molecule has 12 saturated carbocycles. The highest BCUT2D eigenvalue weighted by Crippen LogP contribution is 2.95. The summed E-state index contributed by atoms with van der Waals surface area (Å²) < 4.78 is 126. The molecule has 742 valence electrons. The topological polar surface area (TPSA) is 478 Å². The lowest BCUT2D eigenvalue weighted by atomic mass is 9.33. The molecule has 3 aromatic heterocycles. The largest absolute Gasteiger partial charge is 0.511 e. The number of aliphatic hydroxyl groups excluding tert-OH is 5. The van der Waals surface area contributed by atoms with Gasteiger partial charge in [-0.1, -0.05) is 102 Å². The van der Waals surface area contributed by atoms with Crippen molar-refractivity contribution in [2.75, 3.05) is 21.3 Å². The highest BCUT2D eigenvalue weighted by atomic mass is 17.0. The molecule has 0 radical (unpaired) electrons. The van der Waals surface area contributed by atoms with Gasteiger partial charge in [0.1, 0.15) is 57.2 Å². The average Bonchev–Trinajstić information content (AvgIpc) is 1.41. The fourth-order valence-corrected chi connectivity index (χ4v) is 37.0. The van der Waals surface area contributed by atoms with Crippen LogP contribution in [-0.2, 0) is 114 Å². The fraction of sp³-hybridized carbons (Fsp3) is 0.752. The zero-order valence-corrected chi connectivity index (χ0v) is 81.0. The number of methoxy groups -OCH3 is 3. The molecule has 9 aliphatic heterocycles. The van der Waals surface area contributed by atoms with Gasteiger partial charge in [-0.25, -0.2) is 9.59 Å². The van der Waals surface area contributed by atoms with E-state index in [0.29, 0.717) is 66.5 Å². The Kier molecular flexibility index (Phi) is 18.5. The van der Waals surface area contributed by atoms with Gasteiger partial charge in [0.15, 0.2) is 46.3 Å². The van der Waals surface area contributed by atoms with Crippen molar-refractivity contribution < 1.29 is 168 Å². The van der Waals surface area contributed by atoms with Crippen LogP contribution in [0, 0.1) is 96.1 Å². The van der Waals surface area contributed by atoms with Gasteiger partial charge >= 0.3 is 41.8 Å². The molecule has 24 rings (SSSR count). The zero-order chi connectivity index (χ0) is 98.2. The smallest absolute Gasteiger partial charge is 0.338 e. The van der Waals surface area contributed by atoms with Crippen molar-refractivity contribution in [2.45, 2.75) is 355 Å². The first-order valence-corrected chi connectivity index (χ1v) is 48.0. The van der Waals surface area contributed by atoms with E-state index < -0.39 is 272 Å². The summed E-state index contributed by atoms with van der Waals surface area (Å²) in [6.07, 6.45) is 0.693. The van der Waals surface area contributed by atoms with Crippen LogP contribution in [0.3, 0.4) is 0 Å². The van der Waals surface area contributed by atoms with Crippen LogP contribution in [0.1, 0.15) is 250 Å². The van der Waals surface area contributed by atoms with Crippen LogP contribution in [-0.4, -0.2) is 226 Å². The van der Waals surface area contributed by atoms with E-state index in [-0.39, 0.29) is 62.2 Å². The number of furan rings is 3. The number of ether oxygens (including phenoxy) is 17. The molecular weight excluding hydrogens is 1770 g/mol. The Morgan fingerprint density at radius 1 is 0.456 bits per heavy atom. The maximum Gasteiger partial charge on any atom is 0.338 e. The van der Waals surface area contributed by atoms with Crippen LogP contribution in [0.2, 0.25) is 0 Å². The van der Waals surface area contributed by atoms with E-state index >= 15 is 0 Å². The second-order valence-corrected chi connectivity index (χ2v) is 47.2. The summed E-state index contributed by atoms with van der Waals surface area (Å²) in [5.41, 5.74) is -26.2. The standard InChI is InChI=1S/C36H46O12.C35H44O13.C30H38O10/c1-17(2)18(3)23-24-29(5,25(39)20-10-13-43-15-20)11-12-33-31(7)21(14-22(38)42-9)30(6)16-34(31)35(41,27(30)44-19(4)37)28(45-26(23)40)36(24,33)48-32(8,46-33)47-34;1-16(2)22(38)21-23-28(4,24(44-17(3)36)18-9-12-43-14-18)10-11-32-30(6)19(13-20(37)42-8)29(5)15-33(30)34(41,26(29)40)27(45-25(21)39)35(23,32)48-31(7,46-32)47-33;1-15-11-18-23(2,20(32)16-7-10-36-13-16)8-9-27-25(4)17(12-19(31)35-6)24(3)14-28(25)29(34,21(24)33)22(37-15)30(18,27)40-26(5,38-27)39-28/h10,13,15,17,21,24-25,27-28,39,41H,11-12,14,16H2,1-9H3;9,12,14,16,19,23-24,26-27,38,40-41H,10-11,13,15H2,1-8H3;7,10,13,17-18,20-22,32-34H,1,8-9,11-12,14H2,2-6H3/b23-18+;22-21-;. The summed E-state index contributed by atoms with van der Waals surface area (Å²) in [5, 5.41) is 101. The molecule has 0 amide bonds. The molecule has 12 aliphatic carbocycles. The van der Waals surface area contributed by atoms with Crippen LogP contribution in [0.15, 0.2) is 104 Å². The minimum atomic E-state index is -2.24. The van der Waals surface area contributed by atoms with Gasteiger partial charge in [-0.3, -0.25) is 24.0 Å². The Balaban J connectivity index is 0.000000119. The number of rotatable bonds is 16. The van der Waals surface area contributed by atoms with Gasteiger partial charge in [0.2, 0.25) is 0 Å². The molecule has 12 heterocycles. The number of hydrogen-bond acceptors (Lipinski definition) is 35. The van der Waals surface area contributed by atoms with Gasteiger partial charge < -0.3 is 135 Å². The predicted octanol–water partition coefficient (Wildman–Crippen LogP) is 9.97. The summed E-state index contributed by atoms with van der Waals surface area (Å²) in [4.78, 5) is 94.1. The van der Waals surface area contributed by atoms with Gasteiger partial charge in [-0.05, 0) is 107 Å². The van der Waals surface area contributed by atoms with Gasteiger partial charge in [-0.2, -0.15) is 0 Å². The molecule has 3 aromatic rings. The molecule has 35 heteroatoms. The van der Waals surface area contributed by atoms with E-state index in [9.17, 15) is 74.4 Å². The lowest BCUT2D eigenvalue weighted by Crippen LogP contribution is -2.94. The molecule has 8 N–H and O–H groups in total. The minimum Gasteiger partial charge on any atom is -0.511 e. The van der Waals surface area contributed by atoms with Crippen molar-refractivity contribution in [3.8, 4) is 0 Å². The third-order valence-corrected chi connectivity index (χ3v) is 41.5. The molecule has 12 bridgehead atoms. The molecule has 21 fully saturated rings. The third-order valence-electron chi connectivity index (χ3n) is 41.5. The molecule has 35 nitrogen and oxygen atoms in total. The Morgan fingerprint density at radius 3 is 1.24 bits per heavy atom. The maximum atomic E-state index is 14.6. The number of hydrogen-bond donors (Lipinski definition) is 8. The number of fused-ring (bicyclic) bond motifs is 9. The number of carbonyl (C=O) groups is 7. The van der Waals surface area contributed by atoms with Gasteiger partial charge in [-0.15, -0.1) is 0 Å². The Hall–Kier alpha value is -7.69. The van der Waals surface area contributed by atoms with Crippen LogP contribution < -0.4 is 0 Å². The van der Waals surface area contributed by atoms with Crippen molar-refractivity contribution in [3.63, 3.8) is 0 Å². The van der Waals surface area contributed by atoms with E-state index in [1.165, 1.54) is 66.5 Å². The summed E-state index contributed by atoms with van der Waals surface area (Å²) in [6, 6.07) is 5.12. The Morgan fingerprint density at radius 2 is 0.824 bits per heavy atom. The van der Waals surface area contributed by atoms with E-state index in [4.69, 9.17) is 93.8 Å². The van der Waals surface area contributed by atoms with Crippen molar-refractivity contribution in [1.82, 2.24) is 0 Å². The van der Waals surface area contributed by atoms with Crippen LogP contribution in [0.25, 0.3) is 0 Å². The SMILES string of the molecule is C=C1CC2C(C)(C(O)c3ccoc3)CCC34OC5(C)OC23C(O1)C1(O)C(O)C2(C)CC1(O5)C4(C)C2CC(=O)OC.COC(=O)CC1C2(C)CC34OC5(C)OC67C(/C(=C(/C)C(C)C)C(=O)OC6C3(O)C2OC(C)=O)C(C)(C(O)c2ccoc2)CCC7(O5)C14C.COC(=O)CC1C2(C)CC34OC5(C)OC67C(/C(=C(/O)C(C)C)C(=O)OC6C3(O)C2O)C(C)(C(OC(C)=O)c2ccoc2)CCC7(O5)C14C. The lowest BCUT2D eigenvalue weighted by Gasteiger charge is -2.77. The van der Waals surface area contributed by atoms with Gasteiger partial charge in [0, 0.05) is 155 Å². The Bertz CT molecular complexity index is 5760. The molecule has 136 heavy (non-hydrogen) atoms. The first kappa shape index (κ1) is 93.3.